The maximum Gasteiger partial charge on any atom is 0.339 e. The fraction of sp³-hybridized carbons (Fsp3) is 0.211. The molecule has 4 rings (SSSR count). The number of hydrogen-bond donors (Lipinski definition) is 1. The van der Waals surface area contributed by atoms with Crippen molar-refractivity contribution >= 4 is 17.5 Å². The third kappa shape index (κ3) is 3.10. The van der Waals surface area contributed by atoms with E-state index in [0.717, 1.165) is 16.9 Å². The molecule has 25 heavy (non-hydrogen) atoms. The van der Waals surface area contributed by atoms with Crippen molar-refractivity contribution in [3.05, 3.63) is 71.7 Å². The number of nitrogens with zero attached hydrogens (tertiary/aromatic N) is 2. The van der Waals surface area contributed by atoms with Crippen LogP contribution < -0.4 is 5.32 Å². The van der Waals surface area contributed by atoms with Crippen LogP contribution in [0.3, 0.4) is 0 Å². The normalized spacial score (nSPS) is 16.3. The molecule has 6 heteroatoms. The van der Waals surface area contributed by atoms with Crippen molar-refractivity contribution in [3.63, 3.8) is 0 Å². The highest BCUT2D eigenvalue weighted by Crippen LogP contribution is 2.20. The summed E-state index contributed by atoms with van der Waals surface area (Å²) in [5, 5.41) is 2.83. The second-order valence-electron chi connectivity index (χ2n) is 5.99. The number of rotatable bonds is 4. The van der Waals surface area contributed by atoms with E-state index in [0.29, 0.717) is 24.9 Å². The summed E-state index contributed by atoms with van der Waals surface area (Å²) in [7, 11) is 0. The number of fused-ring (bicyclic) bond motifs is 2. The van der Waals surface area contributed by atoms with E-state index in [-0.39, 0.29) is 5.91 Å². The van der Waals surface area contributed by atoms with Gasteiger partial charge in [-0.2, -0.15) is 0 Å². The summed E-state index contributed by atoms with van der Waals surface area (Å²) in [4.78, 5) is 28.8. The molecular formula is C19H17N3O3. The van der Waals surface area contributed by atoms with Gasteiger partial charge >= 0.3 is 5.97 Å². The van der Waals surface area contributed by atoms with Crippen LogP contribution in [0.25, 0.3) is 5.65 Å². The average molecular weight is 335 g/mol. The number of carbonyl (C=O) groups is 2. The second-order valence-corrected chi connectivity index (χ2v) is 5.99. The van der Waals surface area contributed by atoms with Gasteiger partial charge in [0.2, 0.25) is 0 Å². The highest BCUT2D eigenvalue weighted by molar-refractivity contribution is 5.95. The van der Waals surface area contributed by atoms with Gasteiger partial charge in [0.25, 0.3) is 5.91 Å². The topological polar surface area (TPSA) is 72.7 Å². The Balaban J connectivity index is 1.36. The molecule has 6 nitrogen and oxygen atoms in total. The zero-order valence-corrected chi connectivity index (χ0v) is 13.5. The summed E-state index contributed by atoms with van der Waals surface area (Å²) in [5.74, 6) is -0.714. The Morgan fingerprint density at radius 3 is 2.96 bits per heavy atom. The van der Waals surface area contributed by atoms with Gasteiger partial charge in [0.1, 0.15) is 5.65 Å². The maximum absolute atomic E-state index is 12.3. The molecule has 0 bridgehead atoms. The molecule has 3 heterocycles. The molecule has 1 aromatic carbocycles. The standard InChI is InChI=1S/C19H17N3O3/c23-18(16-11-13-5-1-2-6-15(13)19(24)25-16)20-9-8-14-12-22-10-4-3-7-17(22)21-14/h1-7,10,12,16H,8-9,11H2,(H,20,23). The van der Waals surface area contributed by atoms with E-state index < -0.39 is 12.1 Å². The van der Waals surface area contributed by atoms with Crippen LogP contribution in [0.15, 0.2) is 54.9 Å². The zero-order valence-electron chi connectivity index (χ0n) is 13.5. The number of imidazole rings is 1. The minimum Gasteiger partial charge on any atom is -0.448 e. The average Bonchev–Trinajstić information content (AvgIpc) is 3.04. The Morgan fingerprint density at radius 1 is 1.24 bits per heavy atom. The van der Waals surface area contributed by atoms with Crippen LogP contribution in [-0.2, 0) is 22.4 Å². The SMILES string of the molecule is O=C1OC(C(=O)NCCc2cn3ccccc3n2)Cc2ccccc21. The molecule has 0 aliphatic carbocycles. The van der Waals surface area contributed by atoms with Crippen molar-refractivity contribution in [2.45, 2.75) is 18.9 Å². The predicted molar refractivity (Wildman–Crippen MR) is 91.3 cm³/mol. The van der Waals surface area contributed by atoms with Gasteiger partial charge in [0.15, 0.2) is 6.10 Å². The van der Waals surface area contributed by atoms with Crippen LogP contribution in [0.2, 0.25) is 0 Å². The van der Waals surface area contributed by atoms with Crippen LogP contribution in [0.1, 0.15) is 21.6 Å². The minimum absolute atomic E-state index is 0.272. The summed E-state index contributed by atoms with van der Waals surface area (Å²) in [6.07, 6.45) is 4.12. The van der Waals surface area contributed by atoms with Gasteiger partial charge in [0, 0.05) is 31.8 Å². The lowest BCUT2D eigenvalue weighted by molar-refractivity contribution is -0.130. The third-order valence-corrected chi connectivity index (χ3v) is 4.28. The van der Waals surface area contributed by atoms with Crippen molar-refractivity contribution in [3.8, 4) is 0 Å². The first-order valence-electron chi connectivity index (χ1n) is 8.20. The minimum atomic E-state index is -0.775. The van der Waals surface area contributed by atoms with Crippen LogP contribution >= 0.6 is 0 Å². The lowest BCUT2D eigenvalue weighted by Crippen LogP contribution is -2.42. The molecular weight excluding hydrogens is 318 g/mol. The maximum atomic E-state index is 12.3. The molecule has 1 aliphatic heterocycles. The molecule has 0 radical (unpaired) electrons. The highest BCUT2D eigenvalue weighted by Gasteiger charge is 2.30. The molecule has 126 valence electrons. The Morgan fingerprint density at radius 2 is 2.08 bits per heavy atom. The van der Waals surface area contributed by atoms with E-state index in [2.05, 4.69) is 10.3 Å². The van der Waals surface area contributed by atoms with Crippen LogP contribution in [0, 0.1) is 0 Å². The molecule has 1 atom stereocenters. The Hall–Kier alpha value is -3.15. The number of hydrogen-bond acceptors (Lipinski definition) is 4. The molecule has 0 fully saturated rings. The summed E-state index contributed by atoms with van der Waals surface area (Å²) in [6, 6.07) is 13.0. The van der Waals surface area contributed by atoms with Gasteiger partial charge in [-0.05, 0) is 23.8 Å². The fourth-order valence-corrected chi connectivity index (χ4v) is 3.01. The van der Waals surface area contributed by atoms with Crippen LogP contribution in [0.5, 0.6) is 0 Å². The first-order chi connectivity index (χ1) is 12.2. The fourth-order valence-electron chi connectivity index (χ4n) is 3.01. The number of benzene rings is 1. The number of amides is 1. The third-order valence-electron chi connectivity index (χ3n) is 4.28. The summed E-state index contributed by atoms with van der Waals surface area (Å²) in [6.45, 7) is 0.443. The number of aromatic nitrogens is 2. The molecule has 0 saturated heterocycles. The molecule has 1 unspecified atom stereocenters. The van der Waals surface area contributed by atoms with Gasteiger partial charge in [-0.1, -0.05) is 24.3 Å². The largest absolute Gasteiger partial charge is 0.448 e. The Kier molecular flexibility index (Phi) is 3.93. The van der Waals surface area contributed by atoms with Crippen molar-refractivity contribution in [1.82, 2.24) is 14.7 Å². The number of esters is 1. The number of nitrogens with one attached hydrogen (secondary N) is 1. The van der Waals surface area contributed by atoms with E-state index in [1.165, 1.54) is 0 Å². The van der Waals surface area contributed by atoms with Gasteiger partial charge in [-0.3, -0.25) is 4.79 Å². The van der Waals surface area contributed by atoms with Crippen molar-refractivity contribution in [1.29, 1.82) is 0 Å². The lowest BCUT2D eigenvalue weighted by atomic mass is 9.98. The highest BCUT2D eigenvalue weighted by atomic mass is 16.5. The van der Waals surface area contributed by atoms with Gasteiger partial charge in [-0.25, -0.2) is 9.78 Å². The van der Waals surface area contributed by atoms with E-state index >= 15 is 0 Å². The molecule has 1 aliphatic rings. The monoisotopic (exact) mass is 335 g/mol. The first kappa shape index (κ1) is 15.4. The van der Waals surface area contributed by atoms with Crippen molar-refractivity contribution < 1.29 is 14.3 Å². The van der Waals surface area contributed by atoms with E-state index in [4.69, 9.17) is 4.74 Å². The molecule has 2 aromatic heterocycles. The molecule has 0 spiro atoms. The predicted octanol–water partition coefficient (Wildman–Crippen LogP) is 1.77. The van der Waals surface area contributed by atoms with E-state index in [9.17, 15) is 9.59 Å². The Labute approximate surface area is 144 Å². The number of carbonyl (C=O) groups excluding carboxylic acids is 2. The number of pyridine rings is 1. The van der Waals surface area contributed by atoms with Gasteiger partial charge in [-0.15, -0.1) is 0 Å². The molecule has 1 N–H and O–H groups in total. The Bertz CT molecular complexity index is 915. The van der Waals surface area contributed by atoms with Gasteiger partial charge < -0.3 is 14.5 Å². The van der Waals surface area contributed by atoms with Gasteiger partial charge in [0.05, 0.1) is 11.3 Å². The van der Waals surface area contributed by atoms with Crippen LogP contribution in [-0.4, -0.2) is 33.9 Å². The zero-order chi connectivity index (χ0) is 17.2. The van der Waals surface area contributed by atoms with Crippen LogP contribution in [0.4, 0.5) is 0 Å². The lowest BCUT2D eigenvalue weighted by Gasteiger charge is -2.23. The van der Waals surface area contributed by atoms with Crippen molar-refractivity contribution in [2.24, 2.45) is 0 Å². The second kappa shape index (κ2) is 6.39. The molecule has 0 saturated carbocycles. The summed E-state index contributed by atoms with van der Waals surface area (Å²) >= 11 is 0. The quantitative estimate of drug-likeness (QED) is 0.738. The van der Waals surface area contributed by atoms with E-state index in [1.54, 1.807) is 12.1 Å². The van der Waals surface area contributed by atoms with E-state index in [1.807, 2.05) is 47.1 Å². The van der Waals surface area contributed by atoms with Crippen molar-refractivity contribution in [2.75, 3.05) is 6.54 Å². The molecule has 1 amide bonds. The number of cyclic esters (lactones) is 1. The first-order valence-corrected chi connectivity index (χ1v) is 8.20. The summed E-state index contributed by atoms with van der Waals surface area (Å²) < 4.78 is 7.20. The molecule has 3 aromatic rings. The summed E-state index contributed by atoms with van der Waals surface area (Å²) in [5.41, 5.74) is 3.16. The smallest absolute Gasteiger partial charge is 0.339 e. The number of ether oxygens (including phenoxy) is 1.